The van der Waals surface area contributed by atoms with E-state index in [0.29, 0.717) is 39.9 Å². The molecule has 0 spiro atoms. The quantitative estimate of drug-likeness (QED) is 0.710. The molecule has 1 heterocycles. The number of fused-ring (bicyclic) bond motifs is 1. The fraction of sp³-hybridized carbons (Fsp3) is 0.200. The van der Waals surface area contributed by atoms with Crippen molar-refractivity contribution in [2.75, 3.05) is 22.9 Å². The molecule has 0 radical (unpaired) electrons. The lowest BCUT2D eigenvalue weighted by Gasteiger charge is -2.17. The molecule has 0 aliphatic carbocycles. The molecule has 2 aromatic carbocycles. The van der Waals surface area contributed by atoms with E-state index in [-0.39, 0.29) is 0 Å². The van der Waals surface area contributed by atoms with Crippen LogP contribution in [0.1, 0.15) is 16.7 Å². The van der Waals surface area contributed by atoms with Gasteiger partial charge in [-0.25, -0.2) is 12.8 Å². The van der Waals surface area contributed by atoms with Crippen LogP contribution in [0.2, 0.25) is 0 Å². The van der Waals surface area contributed by atoms with Crippen molar-refractivity contribution < 1.29 is 12.8 Å². The maximum Gasteiger partial charge on any atom is 0.231 e. The lowest BCUT2D eigenvalue weighted by Crippen LogP contribution is -2.24. The Labute approximate surface area is 163 Å². The van der Waals surface area contributed by atoms with Crippen molar-refractivity contribution in [3.05, 3.63) is 65.1 Å². The maximum atomic E-state index is 13.9. The van der Waals surface area contributed by atoms with Gasteiger partial charge in [0.2, 0.25) is 10.0 Å². The minimum Gasteiger partial charge on any atom is -0.379 e. The van der Waals surface area contributed by atoms with Crippen LogP contribution in [-0.4, -0.2) is 26.7 Å². The van der Waals surface area contributed by atoms with Gasteiger partial charge in [-0.2, -0.15) is 5.26 Å². The molecule has 6 nitrogen and oxygen atoms in total. The normalized spacial score (nSPS) is 11.2. The van der Waals surface area contributed by atoms with E-state index in [4.69, 9.17) is 0 Å². The second kappa shape index (κ2) is 7.44. The number of sulfonamides is 1. The zero-order valence-electron chi connectivity index (χ0n) is 15.7. The summed E-state index contributed by atoms with van der Waals surface area (Å²) in [5.41, 5.74) is 3.60. The summed E-state index contributed by atoms with van der Waals surface area (Å²) in [7, 11) is -1.84. The molecule has 0 atom stereocenters. The molecule has 3 rings (SSSR count). The first-order chi connectivity index (χ1) is 13.2. The molecule has 1 aromatic heterocycles. The lowest BCUT2D eigenvalue weighted by atomic mass is 10.1. The van der Waals surface area contributed by atoms with Gasteiger partial charge in [0, 0.05) is 25.2 Å². The molecular formula is C20H19FN4O2S. The summed E-state index contributed by atoms with van der Waals surface area (Å²) in [6.45, 7) is 2.15. The zero-order chi connectivity index (χ0) is 20.5. The summed E-state index contributed by atoms with van der Waals surface area (Å²) >= 11 is 0. The number of rotatable bonds is 5. The van der Waals surface area contributed by atoms with Crippen molar-refractivity contribution in [2.24, 2.45) is 0 Å². The lowest BCUT2D eigenvalue weighted by molar-refractivity contribution is 0.600. The van der Waals surface area contributed by atoms with Crippen LogP contribution < -0.4 is 9.62 Å². The fourth-order valence-corrected chi connectivity index (χ4v) is 3.42. The fourth-order valence-electron chi connectivity index (χ4n) is 2.92. The Balaban J connectivity index is 1.91. The first kappa shape index (κ1) is 19.6. The summed E-state index contributed by atoms with van der Waals surface area (Å²) in [5, 5.41) is 13.1. The van der Waals surface area contributed by atoms with Crippen molar-refractivity contribution in [2.45, 2.75) is 13.5 Å². The molecule has 3 aromatic rings. The van der Waals surface area contributed by atoms with E-state index in [9.17, 15) is 18.1 Å². The molecule has 0 amide bonds. The van der Waals surface area contributed by atoms with Crippen molar-refractivity contribution in [3.8, 4) is 6.07 Å². The van der Waals surface area contributed by atoms with Gasteiger partial charge in [0.25, 0.3) is 0 Å². The highest BCUT2D eigenvalue weighted by Crippen LogP contribution is 2.29. The van der Waals surface area contributed by atoms with E-state index in [1.54, 1.807) is 31.2 Å². The van der Waals surface area contributed by atoms with Gasteiger partial charge in [0.1, 0.15) is 11.9 Å². The first-order valence-corrected chi connectivity index (χ1v) is 10.3. The van der Waals surface area contributed by atoms with Crippen molar-refractivity contribution in [1.29, 1.82) is 5.26 Å². The standard InChI is InChI=1S/C20H19FN4O2S/c1-13-8-16(21)9-18-19(13)24-12-15(10-22)20(18)23-11-14-4-6-17(7-5-14)25(2)28(3,26)27/h4-9,12H,11H2,1-3H3,(H,23,24). The number of aromatic nitrogens is 1. The predicted molar refractivity (Wildman–Crippen MR) is 108 cm³/mol. The van der Waals surface area contributed by atoms with Gasteiger partial charge in [-0.15, -0.1) is 0 Å². The third-order valence-electron chi connectivity index (χ3n) is 4.51. The summed E-state index contributed by atoms with van der Waals surface area (Å²) < 4.78 is 38.3. The Bertz CT molecular complexity index is 1190. The number of anilines is 2. The second-order valence-corrected chi connectivity index (χ2v) is 8.54. The zero-order valence-corrected chi connectivity index (χ0v) is 16.5. The average molecular weight is 398 g/mol. The van der Waals surface area contributed by atoms with Crippen molar-refractivity contribution in [1.82, 2.24) is 4.98 Å². The third-order valence-corrected chi connectivity index (χ3v) is 5.72. The number of halogens is 1. The molecule has 144 valence electrons. The molecule has 0 fully saturated rings. The Morgan fingerprint density at radius 1 is 1.25 bits per heavy atom. The Hall–Kier alpha value is -3.18. The number of pyridine rings is 1. The van der Waals surface area contributed by atoms with E-state index >= 15 is 0 Å². The summed E-state index contributed by atoms with van der Waals surface area (Å²) in [6.07, 6.45) is 2.61. The highest BCUT2D eigenvalue weighted by Gasteiger charge is 2.13. The number of nitrogens with zero attached hydrogens (tertiary/aromatic N) is 3. The minimum atomic E-state index is -3.33. The number of hydrogen-bond donors (Lipinski definition) is 1. The molecule has 8 heteroatoms. The van der Waals surface area contributed by atoms with E-state index in [1.165, 1.54) is 29.7 Å². The van der Waals surface area contributed by atoms with Gasteiger partial charge >= 0.3 is 0 Å². The van der Waals surface area contributed by atoms with Gasteiger partial charge in [0.05, 0.1) is 28.7 Å². The first-order valence-electron chi connectivity index (χ1n) is 8.46. The van der Waals surface area contributed by atoms with Crippen LogP contribution in [0.15, 0.2) is 42.6 Å². The Kier molecular flexibility index (Phi) is 5.21. The van der Waals surface area contributed by atoms with E-state index in [2.05, 4.69) is 16.4 Å². The van der Waals surface area contributed by atoms with Crippen LogP contribution in [0.5, 0.6) is 0 Å². The predicted octanol–water partition coefficient (Wildman–Crippen LogP) is 3.56. The maximum absolute atomic E-state index is 13.9. The van der Waals surface area contributed by atoms with Crippen molar-refractivity contribution in [3.63, 3.8) is 0 Å². The SMILES string of the molecule is Cc1cc(F)cc2c(NCc3ccc(N(C)S(C)(=O)=O)cc3)c(C#N)cnc12. The van der Waals surface area contributed by atoms with Crippen LogP contribution >= 0.6 is 0 Å². The van der Waals surface area contributed by atoms with Gasteiger partial charge in [-0.05, 0) is 42.3 Å². The van der Waals surface area contributed by atoms with Crippen molar-refractivity contribution >= 4 is 32.3 Å². The monoisotopic (exact) mass is 398 g/mol. The topological polar surface area (TPSA) is 86.1 Å². The summed E-state index contributed by atoms with van der Waals surface area (Å²) in [4.78, 5) is 4.27. The molecule has 0 saturated heterocycles. The highest BCUT2D eigenvalue weighted by molar-refractivity contribution is 7.92. The number of aryl methyl sites for hydroxylation is 1. The molecule has 28 heavy (non-hydrogen) atoms. The summed E-state index contributed by atoms with van der Waals surface area (Å²) in [6, 6.07) is 11.9. The van der Waals surface area contributed by atoms with Gasteiger partial charge in [-0.3, -0.25) is 9.29 Å². The van der Waals surface area contributed by atoms with Crippen LogP contribution in [-0.2, 0) is 16.6 Å². The number of nitrogens with one attached hydrogen (secondary N) is 1. The number of benzene rings is 2. The smallest absolute Gasteiger partial charge is 0.231 e. The molecule has 0 aliphatic heterocycles. The highest BCUT2D eigenvalue weighted by atomic mass is 32.2. The van der Waals surface area contributed by atoms with Crippen LogP contribution in [0.4, 0.5) is 15.8 Å². The van der Waals surface area contributed by atoms with Gasteiger partial charge in [-0.1, -0.05) is 12.1 Å². The summed E-state index contributed by atoms with van der Waals surface area (Å²) in [5.74, 6) is -0.391. The largest absolute Gasteiger partial charge is 0.379 e. The molecule has 0 saturated carbocycles. The average Bonchev–Trinajstić information content (AvgIpc) is 2.65. The molecule has 0 unspecified atom stereocenters. The third kappa shape index (κ3) is 3.89. The number of nitriles is 1. The van der Waals surface area contributed by atoms with Crippen LogP contribution in [0.25, 0.3) is 10.9 Å². The Morgan fingerprint density at radius 2 is 1.93 bits per heavy atom. The van der Waals surface area contributed by atoms with E-state index in [1.807, 2.05) is 0 Å². The minimum absolute atomic E-state index is 0.325. The number of hydrogen-bond acceptors (Lipinski definition) is 5. The van der Waals surface area contributed by atoms with Gasteiger partial charge < -0.3 is 5.32 Å². The second-order valence-electron chi connectivity index (χ2n) is 6.53. The molecule has 1 N–H and O–H groups in total. The van der Waals surface area contributed by atoms with Crippen LogP contribution in [0.3, 0.4) is 0 Å². The molecular weight excluding hydrogens is 379 g/mol. The Morgan fingerprint density at radius 3 is 2.54 bits per heavy atom. The molecule has 0 aliphatic rings. The van der Waals surface area contributed by atoms with Crippen LogP contribution in [0, 0.1) is 24.1 Å². The van der Waals surface area contributed by atoms with E-state index < -0.39 is 15.8 Å². The molecule has 0 bridgehead atoms. The van der Waals surface area contributed by atoms with Gasteiger partial charge in [0.15, 0.2) is 0 Å². The van der Waals surface area contributed by atoms with E-state index in [0.717, 1.165) is 11.8 Å².